The van der Waals surface area contributed by atoms with Crippen LogP contribution in [-0.4, -0.2) is 39.5 Å². The van der Waals surface area contributed by atoms with Crippen molar-refractivity contribution in [3.63, 3.8) is 0 Å². The number of rotatable bonds is 4. The standard InChI is InChI=1S/C14H20FNO3S/c1-10-6-13(15)7-11(2)14(10)20(17,18)16-5-4-12(8-16)9-19-3/h6-7,12H,4-5,8-9H2,1-3H3. The van der Waals surface area contributed by atoms with Gasteiger partial charge in [-0.1, -0.05) is 0 Å². The fraction of sp³-hybridized carbons (Fsp3) is 0.571. The first-order chi connectivity index (χ1) is 9.36. The first kappa shape index (κ1) is 15.4. The van der Waals surface area contributed by atoms with Crippen molar-refractivity contribution in [3.05, 3.63) is 29.1 Å². The summed E-state index contributed by atoms with van der Waals surface area (Å²) in [5.41, 5.74) is 0.912. The molecule has 0 bridgehead atoms. The molecule has 1 aliphatic heterocycles. The molecular weight excluding hydrogens is 281 g/mol. The summed E-state index contributed by atoms with van der Waals surface area (Å²) in [6, 6.07) is 2.53. The Kier molecular flexibility index (Phi) is 4.46. The van der Waals surface area contributed by atoms with Crippen LogP contribution >= 0.6 is 0 Å². The predicted octanol–water partition coefficient (Wildman–Crippen LogP) is 2.10. The summed E-state index contributed by atoms with van der Waals surface area (Å²) in [6.45, 7) is 4.78. The fourth-order valence-electron chi connectivity index (χ4n) is 2.82. The Hall–Kier alpha value is -0.980. The Morgan fingerprint density at radius 1 is 1.35 bits per heavy atom. The maximum absolute atomic E-state index is 13.3. The van der Waals surface area contributed by atoms with E-state index in [1.807, 2.05) is 0 Å². The lowest BCUT2D eigenvalue weighted by molar-refractivity contribution is 0.157. The van der Waals surface area contributed by atoms with Gasteiger partial charge in [0.1, 0.15) is 5.82 Å². The van der Waals surface area contributed by atoms with Gasteiger partial charge in [-0.3, -0.25) is 0 Å². The Morgan fingerprint density at radius 2 is 1.95 bits per heavy atom. The van der Waals surface area contributed by atoms with Gasteiger partial charge in [0.2, 0.25) is 10.0 Å². The van der Waals surface area contributed by atoms with E-state index in [9.17, 15) is 12.8 Å². The van der Waals surface area contributed by atoms with E-state index >= 15 is 0 Å². The van der Waals surface area contributed by atoms with Gasteiger partial charge in [-0.15, -0.1) is 0 Å². The maximum Gasteiger partial charge on any atom is 0.243 e. The SMILES string of the molecule is COCC1CCN(S(=O)(=O)c2c(C)cc(F)cc2C)C1. The average molecular weight is 301 g/mol. The van der Waals surface area contributed by atoms with Crippen LogP contribution in [0, 0.1) is 25.6 Å². The molecular formula is C14H20FNO3S. The first-order valence-electron chi connectivity index (χ1n) is 6.62. The molecule has 1 heterocycles. The quantitative estimate of drug-likeness (QED) is 0.855. The van der Waals surface area contributed by atoms with Crippen LogP contribution in [0.3, 0.4) is 0 Å². The van der Waals surface area contributed by atoms with Crippen molar-refractivity contribution < 1.29 is 17.5 Å². The third kappa shape index (κ3) is 2.87. The number of methoxy groups -OCH3 is 1. The molecule has 1 aliphatic rings. The van der Waals surface area contributed by atoms with Gasteiger partial charge in [-0.25, -0.2) is 12.8 Å². The molecule has 4 nitrogen and oxygen atoms in total. The number of sulfonamides is 1. The van der Waals surface area contributed by atoms with Gasteiger partial charge in [-0.05, 0) is 49.4 Å². The van der Waals surface area contributed by atoms with Crippen molar-refractivity contribution in [2.45, 2.75) is 25.2 Å². The second kappa shape index (κ2) is 5.79. The van der Waals surface area contributed by atoms with Crippen molar-refractivity contribution in [3.8, 4) is 0 Å². The van der Waals surface area contributed by atoms with Gasteiger partial charge in [0.15, 0.2) is 0 Å². The second-order valence-corrected chi connectivity index (χ2v) is 7.22. The first-order valence-corrected chi connectivity index (χ1v) is 8.06. The van der Waals surface area contributed by atoms with Gasteiger partial charge < -0.3 is 4.74 Å². The van der Waals surface area contributed by atoms with E-state index in [2.05, 4.69) is 0 Å². The minimum atomic E-state index is -3.56. The number of hydrogen-bond acceptors (Lipinski definition) is 3. The second-order valence-electron chi connectivity index (χ2n) is 5.34. The average Bonchev–Trinajstić information content (AvgIpc) is 2.76. The van der Waals surface area contributed by atoms with Crippen molar-refractivity contribution in [1.82, 2.24) is 4.31 Å². The zero-order chi connectivity index (χ0) is 14.9. The number of ether oxygens (including phenoxy) is 1. The van der Waals surface area contributed by atoms with E-state index in [0.717, 1.165) is 6.42 Å². The maximum atomic E-state index is 13.3. The van der Waals surface area contributed by atoms with E-state index in [1.165, 1.54) is 16.4 Å². The lowest BCUT2D eigenvalue weighted by atomic mass is 10.1. The summed E-state index contributed by atoms with van der Waals surface area (Å²) in [6.07, 6.45) is 0.798. The summed E-state index contributed by atoms with van der Waals surface area (Å²) in [5, 5.41) is 0. The molecule has 0 aliphatic carbocycles. The smallest absolute Gasteiger partial charge is 0.243 e. The van der Waals surface area contributed by atoms with Crippen LogP contribution in [0.25, 0.3) is 0 Å². The molecule has 6 heteroatoms. The molecule has 20 heavy (non-hydrogen) atoms. The number of hydrogen-bond donors (Lipinski definition) is 0. The van der Waals surface area contributed by atoms with Crippen LogP contribution in [0.5, 0.6) is 0 Å². The number of benzene rings is 1. The number of halogens is 1. The van der Waals surface area contributed by atoms with Crippen molar-refractivity contribution in [1.29, 1.82) is 0 Å². The lowest BCUT2D eigenvalue weighted by Gasteiger charge is -2.19. The highest BCUT2D eigenvalue weighted by Gasteiger charge is 2.34. The van der Waals surface area contributed by atoms with Gasteiger partial charge in [0.05, 0.1) is 11.5 Å². The zero-order valence-electron chi connectivity index (χ0n) is 12.0. The van der Waals surface area contributed by atoms with E-state index in [0.29, 0.717) is 30.8 Å². The van der Waals surface area contributed by atoms with Crippen LogP contribution in [0.4, 0.5) is 4.39 Å². The lowest BCUT2D eigenvalue weighted by Crippen LogP contribution is -2.30. The Labute approximate surface area is 119 Å². The summed E-state index contributed by atoms with van der Waals surface area (Å²) >= 11 is 0. The van der Waals surface area contributed by atoms with Crippen molar-refractivity contribution in [2.24, 2.45) is 5.92 Å². The van der Waals surface area contributed by atoms with E-state index in [4.69, 9.17) is 4.74 Å². The molecule has 0 spiro atoms. The van der Waals surface area contributed by atoms with Gasteiger partial charge in [0.25, 0.3) is 0 Å². The summed E-state index contributed by atoms with van der Waals surface area (Å²) in [7, 11) is -1.94. The highest BCUT2D eigenvalue weighted by molar-refractivity contribution is 7.89. The molecule has 1 aromatic rings. The van der Waals surface area contributed by atoms with E-state index in [1.54, 1.807) is 21.0 Å². The highest BCUT2D eigenvalue weighted by atomic mass is 32.2. The Morgan fingerprint density at radius 3 is 2.50 bits per heavy atom. The van der Waals surface area contributed by atoms with Crippen LogP contribution in [0.1, 0.15) is 17.5 Å². The third-order valence-corrected chi connectivity index (χ3v) is 5.85. The summed E-state index contributed by atoms with van der Waals surface area (Å²) in [5.74, 6) is -0.173. The molecule has 1 aromatic carbocycles. The Bertz CT molecular complexity index is 577. The molecule has 2 rings (SSSR count). The molecule has 1 saturated heterocycles. The topological polar surface area (TPSA) is 46.6 Å². The fourth-order valence-corrected chi connectivity index (χ4v) is 4.76. The molecule has 1 unspecified atom stereocenters. The van der Waals surface area contributed by atoms with Gasteiger partial charge in [0, 0.05) is 20.2 Å². The highest BCUT2D eigenvalue weighted by Crippen LogP contribution is 2.29. The molecule has 0 aromatic heterocycles. The van der Waals surface area contributed by atoms with E-state index in [-0.39, 0.29) is 10.8 Å². The van der Waals surface area contributed by atoms with Crippen molar-refractivity contribution >= 4 is 10.0 Å². The molecule has 0 N–H and O–H groups in total. The number of aryl methyl sites for hydroxylation is 2. The third-order valence-electron chi connectivity index (χ3n) is 3.67. The number of nitrogens with zero attached hydrogens (tertiary/aromatic N) is 1. The Balaban J connectivity index is 2.33. The van der Waals surface area contributed by atoms with Gasteiger partial charge >= 0.3 is 0 Å². The molecule has 1 atom stereocenters. The minimum Gasteiger partial charge on any atom is -0.384 e. The summed E-state index contributed by atoms with van der Waals surface area (Å²) < 4.78 is 45.3. The normalized spacial score (nSPS) is 20.5. The zero-order valence-corrected chi connectivity index (χ0v) is 12.8. The van der Waals surface area contributed by atoms with Crippen LogP contribution < -0.4 is 0 Å². The molecule has 0 saturated carbocycles. The van der Waals surface area contributed by atoms with E-state index < -0.39 is 15.8 Å². The largest absolute Gasteiger partial charge is 0.384 e. The van der Waals surface area contributed by atoms with Crippen molar-refractivity contribution in [2.75, 3.05) is 26.8 Å². The molecule has 0 amide bonds. The predicted molar refractivity (Wildman–Crippen MR) is 74.6 cm³/mol. The molecule has 1 fully saturated rings. The van der Waals surface area contributed by atoms with Crippen LogP contribution in [-0.2, 0) is 14.8 Å². The minimum absolute atomic E-state index is 0.232. The molecule has 0 radical (unpaired) electrons. The summed E-state index contributed by atoms with van der Waals surface area (Å²) in [4.78, 5) is 0.233. The molecule has 112 valence electrons. The van der Waals surface area contributed by atoms with Gasteiger partial charge in [-0.2, -0.15) is 4.31 Å². The monoisotopic (exact) mass is 301 g/mol. The van der Waals surface area contributed by atoms with Crippen LogP contribution in [0.2, 0.25) is 0 Å². The van der Waals surface area contributed by atoms with Crippen LogP contribution in [0.15, 0.2) is 17.0 Å².